The van der Waals surface area contributed by atoms with Gasteiger partial charge in [-0.2, -0.15) is 0 Å². The summed E-state index contributed by atoms with van der Waals surface area (Å²) in [5.41, 5.74) is 1.77. The van der Waals surface area contributed by atoms with Crippen LogP contribution in [-0.4, -0.2) is 33.8 Å². The number of anilines is 1. The molecule has 2 heterocycles. The lowest BCUT2D eigenvalue weighted by molar-refractivity contribution is 0.777. The summed E-state index contributed by atoms with van der Waals surface area (Å²) in [6.07, 6.45) is 0. The van der Waals surface area contributed by atoms with Gasteiger partial charge in [0.1, 0.15) is 5.69 Å². The molecule has 1 aromatic rings. The van der Waals surface area contributed by atoms with E-state index in [4.69, 9.17) is 0 Å². The molecule has 92 valence electrons. The highest BCUT2D eigenvalue weighted by atomic mass is 79.9. The van der Waals surface area contributed by atoms with Crippen LogP contribution < -0.4 is 4.90 Å². The molecule has 1 aromatic carbocycles. The van der Waals surface area contributed by atoms with Crippen molar-refractivity contribution in [3.63, 3.8) is 0 Å². The fraction of sp³-hybridized carbons (Fsp3) is 0.250. The summed E-state index contributed by atoms with van der Waals surface area (Å²) in [7, 11) is 5.83. The molecule has 6 heteroatoms. The summed E-state index contributed by atoms with van der Waals surface area (Å²) >= 11 is 3.45. The van der Waals surface area contributed by atoms with E-state index in [-0.39, 0.29) is 0 Å². The Labute approximate surface area is 113 Å². The molecule has 0 amide bonds. The fourth-order valence-electron chi connectivity index (χ4n) is 2.06. The minimum absolute atomic E-state index is 0.782. The number of hydrogen-bond donors (Lipinski definition) is 0. The van der Waals surface area contributed by atoms with Crippen molar-refractivity contribution in [2.75, 3.05) is 19.0 Å². The van der Waals surface area contributed by atoms with Crippen molar-refractivity contribution >= 4 is 32.8 Å². The molecule has 0 spiro atoms. The Kier molecular flexibility index (Phi) is 2.48. The summed E-state index contributed by atoms with van der Waals surface area (Å²) in [6.45, 7) is 0. The molecule has 3 rings (SSSR count). The second-order valence-electron chi connectivity index (χ2n) is 4.40. The number of aromatic nitrogens is 4. The molecular weight excluding hydrogens is 294 g/mol. The molecule has 0 atom stereocenters. The van der Waals surface area contributed by atoms with Crippen LogP contribution in [0.5, 0.6) is 0 Å². The minimum atomic E-state index is 0.782. The molecule has 2 aliphatic heterocycles. The molecule has 0 aliphatic carbocycles. The van der Waals surface area contributed by atoms with E-state index >= 15 is 0 Å². The summed E-state index contributed by atoms with van der Waals surface area (Å²) in [5, 5.41) is 9.56. The highest BCUT2D eigenvalue weighted by Crippen LogP contribution is 2.31. The van der Waals surface area contributed by atoms with Gasteiger partial charge in [-0.05, 0) is 18.2 Å². The van der Waals surface area contributed by atoms with Crippen LogP contribution in [0.1, 0.15) is 0 Å². The number of halogens is 1. The van der Waals surface area contributed by atoms with Crippen LogP contribution >= 0.6 is 15.9 Å². The van der Waals surface area contributed by atoms with E-state index in [1.54, 1.807) is 0 Å². The Hall–Kier alpha value is -1.69. The lowest BCUT2D eigenvalue weighted by Crippen LogP contribution is -2.19. The lowest BCUT2D eigenvalue weighted by Gasteiger charge is -2.16. The van der Waals surface area contributed by atoms with Gasteiger partial charge in [-0.1, -0.05) is 15.9 Å². The van der Waals surface area contributed by atoms with Crippen molar-refractivity contribution in [1.82, 2.24) is 19.7 Å². The van der Waals surface area contributed by atoms with Gasteiger partial charge >= 0.3 is 0 Å². The van der Waals surface area contributed by atoms with E-state index < -0.39 is 0 Å². The van der Waals surface area contributed by atoms with Crippen molar-refractivity contribution in [2.24, 2.45) is 7.05 Å². The van der Waals surface area contributed by atoms with Crippen LogP contribution in [0.2, 0.25) is 0 Å². The third-order valence-corrected chi connectivity index (χ3v) is 3.40. The van der Waals surface area contributed by atoms with Crippen molar-refractivity contribution < 1.29 is 0 Å². The smallest absolute Gasteiger partial charge is 0.226 e. The Bertz CT molecular complexity index is 703. The largest absolute Gasteiger partial charge is 0.347 e. The number of fused-ring (bicyclic) bond motifs is 3. The molecule has 0 N–H and O–H groups in total. The molecule has 5 nitrogen and oxygen atoms in total. The average Bonchev–Trinajstić information content (AvgIpc) is 2.67. The summed E-state index contributed by atoms with van der Waals surface area (Å²) in [5.74, 6) is 1.63. The van der Waals surface area contributed by atoms with E-state index in [1.807, 2.05) is 48.8 Å². The maximum absolute atomic E-state index is 4.62. The second kappa shape index (κ2) is 3.91. The first-order chi connectivity index (χ1) is 8.58. The van der Waals surface area contributed by atoms with Crippen molar-refractivity contribution in [3.05, 3.63) is 22.7 Å². The second-order valence-corrected chi connectivity index (χ2v) is 5.31. The number of hydrogen-bond acceptors (Lipinski definition) is 4. The predicted molar refractivity (Wildman–Crippen MR) is 75.0 cm³/mol. The summed E-state index contributed by atoms with van der Waals surface area (Å²) < 4.78 is 2.97. The Morgan fingerprint density at radius 1 is 1.22 bits per heavy atom. The van der Waals surface area contributed by atoms with Crippen LogP contribution in [0.25, 0.3) is 22.4 Å². The van der Waals surface area contributed by atoms with Crippen LogP contribution in [0.4, 0.5) is 5.95 Å². The summed E-state index contributed by atoms with van der Waals surface area (Å²) in [6, 6.07) is 6.00. The van der Waals surface area contributed by atoms with Crippen molar-refractivity contribution in [3.8, 4) is 11.5 Å². The molecule has 0 aromatic heterocycles. The van der Waals surface area contributed by atoms with E-state index in [0.717, 1.165) is 32.8 Å². The first kappa shape index (κ1) is 11.4. The quantitative estimate of drug-likeness (QED) is 0.692. The number of rotatable bonds is 1. The minimum Gasteiger partial charge on any atom is -0.347 e. The maximum atomic E-state index is 4.62. The molecule has 0 fully saturated rings. The average molecular weight is 306 g/mol. The predicted octanol–water partition coefficient (Wildman–Crippen LogP) is 2.30. The van der Waals surface area contributed by atoms with Gasteiger partial charge in [0.05, 0.1) is 5.52 Å². The molecule has 0 saturated heterocycles. The highest BCUT2D eigenvalue weighted by Gasteiger charge is 2.19. The van der Waals surface area contributed by atoms with Gasteiger partial charge in [0.25, 0.3) is 0 Å². The van der Waals surface area contributed by atoms with Gasteiger partial charge in [0, 0.05) is 31.0 Å². The van der Waals surface area contributed by atoms with Gasteiger partial charge in [-0.3, -0.25) is 4.57 Å². The SMILES string of the molecule is CN(C)c1nnc2c3ccc(Br)cc3nc-2n1C. The third-order valence-electron chi connectivity index (χ3n) is 2.91. The zero-order valence-electron chi connectivity index (χ0n) is 10.3. The maximum Gasteiger partial charge on any atom is 0.226 e. The monoisotopic (exact) mass is 305 g/mol. The van der Waals surface area contributed by atoms with E-state index in [9.17, 15) is 0 Å². The lowest BCUT2D eigenvalue weighted by atomic mass is 10.2. The molecule has 0 radical (unpaired) electrons. The fourth-order valence-corrected chi connectivity index (χ4v) is 2.41. The van der Waals surface area contributed by atoms with Gasteiger partial charge in [0.2, 0.25) is 5.95 Å². The summed E-state index contributed by atoms with van der Waals surface area (Å²) in [4.78, 5) is 6.54. The van der Waals surface area contributed by atoms with Crippen LogP contribution in [0.3, 0.4) is 0 Å². The van der Waals surface area contributed by atoms with Crippen LogP contribution in [-0.2, 0) is 7.05 Å². The molecular formula is C12H12BrN5. The molecule has 0 bridgehead atoms. The van der Waals surface area contributed by atoms with Crippen molar-refractivity contribution in [1.29, 1.82) is 0 Å². The van der Waals surface area contributed by atoms with Gasteiger partial charge in [-0.25, -0.2) is 4.98 Å². The first-order valence-corrected chi connectivity index (χ1v) is 6.33. The third kappa shape index (κ3) is 1.56. The zero-order chi connectivity index (χ0) is 12.9. The van der Waals surface area contributed by atoms with Gasteiger partial charge < -0.3 is 4.90 Å². The highest BCUT2D eigenvalue weighted by molar-refractivity contribution is 9.10. The van der Waals surface area contributed by atoms with Gasteiger partial charge in [-0.15, -0.1) is 10.2 Å². The van der Waals surface area contributed by atoms with Crippen LogP contribution in [0, 0.1) is 0 Å². The Morgan fingerprint density at radius 3 is 2.72 bits per heavy atom. The topological polar surface area (TPSA) is 46.8 Å². The Balaban J connectivity index is 2.38. The van der Waals surface area contributed by atoms with E-state index in [0.29, 0.717) is 0 Å². The molecule has 0 saturated carbocycles. The molecule has 2 aliphatic rings. The van der Waals surface area contributed by atoms with E-state index in [2.05, 4.69) is 31.1 Å². The standard InChI is InChI=1S/C12H12BrN5/c1-17(2)12-16-15-10-8-5-4-7(13)6-9(8)14-11(10)18(12)3/h4-6H,1-3H3. The normalized spacial score (nSPS) is 11.3. The van der Waals surface area contributed by atoms with E-state index in [1.165, 1.54) is 0 Å². The first-order valence-electron chi connectivity index (χ1n) is 5.53. The zero-order valence-corrected chi connectivity index (χ0v) is 11.9. The number of benzene rings is 1. The van der Waals surface area contributed by atoms with Crippen molar-refractivity contribution in [2.45, 2.75) is 0 Å². The molecule has 18 heavy (non-hydrogen) atoms. The van der Waals surface area contributed by atoms with Crippen LogP contribution in [0.15, 0.2) is 22.7 Å². The number of nitrogens with zero attached hydrogens (tertiary/aromatic N) is 5. The van der Waals surface area contributed by atoms with Gasteiger partial charge in [0.15, 0.2) is 5.82 Å². The Morgan fingerprint density at radius 2 is 2.00 bits per heavy atom. The molecule has 0 unspecified atom stereocenters.